The van der Waals surface area contributed by atoms with Gasteiger partial charge >= 0.3 is 12.1 Å². The largest absolute Gasteiger partial charge is 0.478 e. The Morgan fingerprint density at radius 3 is 2.21 bits per heavy atom. The predicted octanol–water partition coefficient (Wildman–Crippen LogP) is 3.17. The van der Waals surface area contributed by atoms with Crippen LogP contribution in [0.1, 0.15) is 17.0 Å². The van der Waals surface area contributed by atoms with E-state index in [4.69, 9.17) is 9.84 Å². The average Bonchev–Trinajstić information content (AvgIpc) is 2.91. The topological polar surface area (TPSA) is 75.6 Å². The quantitative estimate of drug-likeness (QED) is 0.829. The SMILES string of the molecule is O=C(O)C=CCNC(=O)OCC1c2ccccc2-c2ccccc21. The van der Waals surface area contributed by atoms with Crippen molar-refractivity contribution in [1.29, 1.82) is 0 Å². The number of benzene rings is 2. The van der Waals surface area contributed by atoms with Crippen molar-refractivity contribution in [2.45, 2.75) is 5.92 Å². The molecule has 2 aromatic carbocycles. The number of amides is 1. The number of alkyl carbamates (subject to hydrolysis) is 1. The van der Waals surface area contributed by atoms with Crippen LogP contribution < -0.4 is 5.32 Å². The van der Waals surface area contributed by atoms with Crippen LogP contribution in [0.25, 0.3) is 11.1 Å². The zero-order chi connectivity index (χ0) is 16.9. The first kappa shape index (κ1) is 15.8. The Labute approximate surface area is 139 Å². The van der Waals surface area contributed by atoms with E-state index in [0.717, 1.165) is 17.2 Å². The van der Waals surface area contributed by atoms with E-state index in [1.165, 1.54) is 17.2 Å². The van der Waals surface area contributed by atoms with E-state index in [2.05, 4.69) is 29.6 Å². The number of rotatable bonds is 5. The minimum Gasteiger partial charge on any atom is -0.478 e. The second-order valence-electron chi connectivity index (χ2n) is 5.45. The number of carboxylic acid groups (broad SMARTS) is 1. The Balaban J connectivity index is 1.65. The molecule has 5 nitrogen and oxygen atoms in total. The van der Waals surface area contributed by atoms with Crippen molar-refractivity contribution in [2.24, 2.45) is 0 Å². The molecule has 2 aromatic rings. The van der Waals surface area contributed by atoms with Crippen LogP contribution in [0.5, 0.6) is 0 Å². The lowest BCUT2D eigenvalue weighted by atomic mass is 9.98. The molecule has 0 aliphatic heterocycles. The van der Waals surface area contributed by atoms with Gasteiger partial charge in [0.05, 0.1) is 0 Å². The fourth-order valence-corrected chi connectivity index (χ4v) is 2.95. The summed E-state index contributed by atoms with van der Waals surface area (Å²) in [4.78, 5) is 22.1. The van der Waals surface area contributed by atoms with Crippen LogP contribution in [0.3, 0.4) is 0 Å². The summed E-state index contributed by atoms with van der Waals surface area (Å²) in [5.74, 6) is -1.04. The van der Waals surface area contributed by atoms with E-state index in [9.17, 15) is 9.59 Å². The smallest absolute Gasteiger partial charge is 0.407 e. The summed E-state index contributed by atoms with van der Waals surface area (Å²) in [5, 5.41) is 11.0. The Kier molecular flexibility index (Phi) is 4.61. The zero-order valence-corrected chi connectivity index (χ0v) is 12.9. The molecule has 0 atom stereocenters. The highest BCUT2D eigenvalue weighted by Gasteiger charge is 2.28. The van der Waals surface area contributed by atoms with Crippen LogP contribution >= 0.6 is 0 Å². The number of carbonyl (C=O) groups is 2. The Morgan fingerprint density at radius 2 is 1.62 bits per heavy atom. The van der Waals surface area contributed by atoms with Gasteiger partial charge in [0.15, 0.2) is 0 Å². The van der Waals surface area contributed by atoms with E-state index in [-0.39, 0.29) is 19.1 Å². The van der Waals surface area contributed by atoms with Gasteiger partial charge in [0.25, 0.3) is 0 Å². The summed E-state index contributed by atoms with van der Waals surface area (Å²) in [6, 6.07) is 16.2. The van der Waals surface area contributed by atoms with Gasteiger partial charge < -0.3 is 15.2 Å². The number of hydrogen-bond acceptors (Lipinski definition) is 3. The van der Waals surface area contributed by atoms with Crippen LogP contribution in [0.2, 0.25) is 0 Å². The summed E-state index contributed by atoms with van der Waals surface area (Å²) in [6.45, 7) is 0.353. The monoisotopic (exact) mass is 323 g/mol. The van der Waals surface area contributed by atoms with Crippen LogP contribution in [0, 0.1) is 0 Å². The molecule has 0 unspecified atom stereocenters. The van der Waals surface area contributed by atoms with E-state index in [0.29, 0.717) is 0 Å². The van der Waals surface area contributed by atoms with E-state index < -0.39 is 12.1 Å². The summed E-state index contributed by atoms with van der Waals surface area (Å²) >= 11 is 0. The molecule has 1 aliphatic rings. The molecular weight excluding hydrogens is 306 g/mol. The van der Waals surface area contributed by atoms with Gasteiger partial charge in [-0.15, -0.1) is 0 Å². The number of carbonyl (C=O) groups excluding carboxylic acids is 1. The maximum absolute atomic E-state index is 11.8. The van der Waals surface area contributed by atoms with Crippen LogP contribution in [0.4, 0.5) is 4.79 Å². The molecule has 0 spiro atoms. The fraction of sp³-hybridized carbons (Fsp3) is 0.158. The van der Waals surface area contributed by atoms with Gasteiger partial charge in [0.2, 0.25) is 0 Å². The first-order chi connectivity index (χ1) is 11.7. The van der Waals surface area contributed by atoms with Gasteiger partial charge in [-0.3, -0.25) is 0 Å². The van der Waals surface area contributed by atoms with Crippen molar-refractivity contribution in [3.05, 3.63) is 71.8 Å². The lowest BCUT2D eigenvalue weighted by Gasteiger charge is -2.14. The summed E-state index contributed by atoms with van der Waals surface area (Å²) in [5.41, 5.74) is 4.65. The highest BCUT2D eigenvalue weighted by Crippen LogP contribution is 2.44. The number of hydrogen-bond donors (Lipinski definition) is 2. The molecule has 1 aliphatic carbocycles. The first-order valence-corrected chi connectivity index (χ1v) is 7.65. The summed E-state index contributed by atoms with van der Waals surface area (Å²) in [7, 11) is 0. The Bertz CT molecular complexity index is 752. The number of ether oxygens (including phenoxy) is 1. The van der Waals surface area contributed by atoms with Gasteiger partial charge in [-0.25, -0.2) is 9.59 Å². The first-order valence-electron chi connectivity index (χ1n) is 7.65. The van der Waals surface area contributed by atoms with Crippen molar-refractivity contribution >= 4 is 12.1 Å². The zero-order valence-electron chi connectivity index (χ0n) is 12.9. The van der Waals surface area contributed by atoms with Crippen LogP contribution in [-0.2, 0) is 9.53 Å². The van der Waals surface area contributed by atoms with E-state index >= 15 is 0 Å². The standard InChI is InChI=1S/C19H17NO4/c21-18(22)10-5-11-20-19(23)24-12-17-15-8-3-1-6-13(15)14-7-2-4-9-16(14)17/h1-10,17H,11-12H2,(H,20,23)(H,21,22). The molecule has 0 radical (unpaired) electrons. The Morgan fingerprint density at radius 1 is 1.04 bits per heavy atom. The molecular formula is C19H17NO4. The van der Waals surface area contributed by atoms with Crippen molar-refractivity contribution < 1.29 is 19.4 Å². The number of fused-ring (bicyclic) bond motifs is 3. The van der Waals surface area contributed by atoms with Crippen LogP contribution in [0.15, 0.2) is 60.7 Å². The number of carboxylic acids is 1. The highest BCUT2D eigenvalue weighted by atomic mass is 16.5. The molecule has 0 saturated carbocycles. The fourth-order valence-electron chi connectivity index (χ4n) is 2.95. The average molecular weight is 323 g/mol. The molecule has 0 aromatic heterocycles. The van der Waals surface area contributed by atoms with Crippen molar-refractivity contribution in [1.82, 2.24) is 5.32 Å². The lowest BCUT2D eigenvalue weighted by Crippen LogP contribution is -2.26. The van der Waals surface area contributed by atoms with Gasteiger partial charge in [0, 0.05) is 18.5 Å². The molecule has 24 heavy (non-hydrogen) atoms. The maximum Gasteiger partial charge on any atom is 0.407 e. The van der Waals surface area contributed by atoms with Crippen molar-refractivity contribution in [2.75, 3.05) is 13.2 Å². The number of aliphatic carboxylic acids is 1. The normalized spacial score (nSPS) is 12.7. The lowest BCUT2D eigenvalue weighted by molar-refractivity contribution is -0.131. The van der Waals surface area contributed by atoms with Crippen LogP contribution in [-0.4, -0.2) is 30.3 Å². The van der Waals surface area contributed by atoms with Crippen molar-refractivity contribution in [3.63, 3.8) is 0 Å². The molecule has 0 bridgehead atoms. The minimum absolute atomic E-state index is 0.0118. The van der Waals surface area contributed by atoms with Gasteiger partial charge in [-0.1, -0.05) is 54.6 Å². The molecule has 122 valence electrons. The third-order valence-corrected chi connectivity index (χ3v) is 3.97. The number of nitrogens with one attached hydrogen (secondary N) is 1. The third kappa shape index (κ3) is 3.30. The molecule has 0 heterocycles. The van der Waals surface area contributed by atoms with E-state index in [1.54, 1.807) is 0 Å². The second kappa shape index (κ2) is 7.00. The third-order valence-electron chi connectivity index (χ3n) is 3.97. The Hall–Kier alpha value is -3.08. The van der Waals surface area contributed by atoms with Gasteiger partial charge in [-0.05, 0) is 22.3 Å². The van der Waals surface area contributed by atoms with Gasteiger partial charge in [0.1, 0.15) is 6.61 Å². The molecule has 3 rings (SSSR count). The van der Waals surface area contributed by atoms with Gasteiger partial charge in [-0.2, -0.15) is 0 Å². The highest BCUT2D eigenvalue weighted by molar-refractivity contribution is 5.80. The van der Waals surface area contributed by atoms with E-state index in [1.807, 2.05) is 24.3 Å². The molecule has 5 heteroatoms. The second-order valence-corrected chi connectivity index (χ2v) is 5.45. The van der Waals surface area contributed by atoms with Crippen molar-refractivity contribution in [3.8, 4) is 11.1 Å². The molecule has 1 amide bonds. The molecule has 0 saturated heterocycles. The molecule has 0 fully saturated rings. The summed E-state index contributed by atoms with van der Waals surface area (Å²) < 4.78 is 5.32. The minimum atomic E-state index is -1.05. The maximum atomic E-state index is 11.8. The summed E-state index contributed by atoms with van der Waals surface area (Å²) in [6.07, 6.45) is 1.76. The molecule has 2 N–H and O–H groups in total. The predicted molar refractivity (Wildman–Crippen MR) is 89.8 cm³/mol.